The summed E-state index contributed by atoms with van der Waals surface area (Å²) < 4.78 is 1.08. The van der Waals surface area contributed by atoms with Gasteiger partial charge in [0.1, 0.15) is 0 Å². The summed E-state index contributed by atoms with van der Waals surface area (Å²) in [5.74, 6) is 0. The lowest BCUT2D eigenvalue weighted by Gasteiger charge is -2.18. The number of rotatable bonds is 4. The van der Waals surface area contributed by atoms with E-state index < -0.39 is 0 Å². The molecule has 0 aromatic heterocycles. The molecule has 0 radical (unpaired) electrons. The molecule has 0 aliphatic rings. The first-order valence-electron chi connectivity index (χ1n) is 4.31. The van der Waals surface area contributed by atoms with Crippen molar-refractivity contribution >= 4 is 21.6 Å². The molecule has 0 aliphatic heterocycles. The lowest BCUT2D eigenvalue weighted by Crippen LogP contribution is -2.19. The van der Waals surface area contributed by atoms with Crippen molar-refractivity contribution in [1.82, 2.24) is 0 Å². The van der Waals surface area contributed by atoms with Crippen LogP contribution in [0.1, 0.15) is 6.42 Å². The molecule has 0 bridgehead atoms. The molecule has 0 aliphatic carbocycles. The van der Waals surface area contributed by atoms with Crippen LogP contribution < -0.4 is 4.90 Å². The Morgan fingerprint density at radius 3 is 2.85 bits per heavy atom. The zero-order chi connectivity index (χ0) is 9.68. The largest absolute Gasteiger partial charge is 0.396 e. The van der Waals surface area contributed by atoms with Crippen molar-refractivity contribution in [2.24, 2.45) is 0 Å². The molecule has 0 amide bonds. The van der Waals surface area contributed by atoms with E-state index in [-0.39, 0.29) is 6.61 Å². The van der Waals surface area contributed by atoms with Crippen molar-refractivity contribution in [3.05, 3.63) is 28.7 Å². The van der Waals surface area contributed by atoms with Crippen molar-refractivity contribution in [3.8, 4) is 0 Å². The van der Waals surface area contributed by atoms with E-state index >= 15 is 0 Å². The third kappa shape index (κ3) is 3.36. The average Bonchev–Trinajstić information content (AvgIpc) is 2.14. The lowest BCUT2D eigenvalue weighted by molar-refractivity contribution is 0.290. The molecule has 1 rings (SSSR count). The number of aliphatic hydroxyl groups excluding tert-OH is 1. The molecule has 0 saturated heterocycles. The highest BCUT2D eigenvalue weighted by Crippen LogP contribution is 2.18. The van der Waals surface area contributed by atoms with Crippen molar-refractivity contribution < 1.29 is 5.11 Å². The molecule has 1 aromatic carbocycles. The highest BCUT2D eigenvalue weighted by atomic mass is 79.9. The summed E-state index contributed by atoms with van der Waals surface area (Å²) in [6.07, 6.45) is 0.809. The molecule has 13 heavy (non-hydrogen) atoms. The molecule has 0 fully saturated rings. The molecule has 0 unspecified atom stereocenters. The number of benzene rings is 1. The minimum Gasteiger partial charge on any atom is -0.396 e. The van der Waals surface area contributed by atoms with Crippen LogP contribution in [0.5, 0.6) is 0 Å². The third-order valence-electron chi connectivity index (χ3n) is 1.90. The molecule has 0 spiro atoms. The van der Waals surface area contributed by atoms with Crippen molar-refractivity contribution in [2.75, 3.05) is 25.1 Å². The Balaban J connectivity index is 2.60. The minimum absolute atomic E-state index is 0.248. The molecule has 3 heteroatoms. The van der Waals surface area contributed by atoms with E-state index in [9.17, 15) is 0 Å². The van der Waals surface area contributed by atoms with Crippen LogP contribution in [-0.2, 0) is 0 Å². The fourth-order valence-electron chi connectivity index (χ4n) is 1.15. The lowest BCUT2D eigenvalue weighted by atomic mass is 10.3. The monoisotopic (exact) mass is 243 g/mol. The van der Waals surface area contributed by atoms with Gasteiger partial charge in [0.2, 0.25) is 0 Å². The second kappa shape index (κ2) is 5.25. The standard InChI is InChI=1S/C10H14BrNO/c1-12(6-3-7-13)10-5-2-4-9(11)8-10/h2,4-5,8,13H,3,6-7H2,1H3. The number of nitrogens with zero attached hydrogens (tertiary/aromatic N) is 1. The summed E-state index contributed by atoms with van der Waals surface area (Å²) >= 11 is 3.42. The fraction of sp³-hybridized carbons (Fsp3) is 0.400. The molecular formula is C10H14BrNO. The van der Waals surface area contributed by atoms with E-state index in [4.69, 9.17) is 5.11 Å². The number of hydrogen-bond acceptors (Lipinski definition) is 2. The Hall–Kier alpha value is -0.540. The van der Waals surface area contributed by atoms with Crippen LogP contribution >= 0.6 is 15.9 Å². The van der Waals surface area contributed by atoms with Crippen molar-refractivity contribution in [2.45, 2.75) is 6.42 Å². The van der Waals surface area contributed by atoms with Gasteiger partial charge in [-0.1, -0.05) is 22.0 Å². The Labute approximate surface area is 87.3 Å². The van der Waals surface area contributed by atoms with Crippen LogP contribution in [0, 0.1) is 0 Å². The van der Waals surface area contributed by atoms with Gasteiger partial charge < -0.3 is 10.0 Å². The first-order valence-corrected chi connectivity index (χ1v) is 5.11. The highest BCUT2D eigenvalue weighted by molar-refractivity contribution is 9.10. The van der Waals surface area contributed by atoms with E-state index in [1.165, 1.54) is 5.69 Å². The van der Waals surface area contributed by atoms with E-state index in [0.29, 0.717) is 0 Å². The van der Waals surface area contributed by atoms with E-state index in [1.54, 1.807) is 0 Å². The van der Waals surface area contributed by atoms with Gasteiger partial charge in [-0.05, 0) is 24.6 Å². The van der Waals surface area contributed by atoms with Crippen molar-refractivity contribution in [3.63, 3.8) is 0 Å². The zero-order valence-corrected chi connectivity index (χ0v) is 9.29. The molecule has 0 atom stereocenters. The molecule has 1 aromatic rings. The van der Waals surface area contributed by atoms with Gasteiger partial charge in [-0.25, -0.2) is 0 Å². The quantitative estimate of drug-likeness (QED) is 0.878. The third-order valence-corrected chi connectivity index (χ3v) is 2.39. The minimum atomic E-state index is 0.248. The topological polar surface area (TPSA) is 23.5 Å². The molecular weight excluding hydrogens is 230 g/mol. The van der Waals surface area contributed by atoms with Gasteiger partial charge in [-0.3, -0.25) is 0 Å². The Morgan fingerprint density at radius 1 is 1.46 bits per heavy atom. The highest BCUT2D eigenvalue weighted by Gasteiger charge is 1.99. The van der Waals surface area contributed by atoms with Crippen LogP contribution in [0.2, 0.25) is 0 Å². The first-order chi connectivity index (χ1) is 6.24. The Kier molecular flexibility index (Phi) is 4.25. The van der Waals surface area contributed by atoms with Crippen LogP contribution in [0.15, 0.2) is 28.7 Å². The smallest absolute Gasteiger partial charge is 0.0447 e. The zero-order valence-electron chi connectivity index (χ0n) is 7.70. The summed E-state index contributed by atoms with van der Waals surface area (Å²) in [7, 11) is 2.03. The van der Waals surface area contributed by atoms with Gasteiger partial charge in [0, 0.05) is 30.4 Å². The van der Waals surface area contributed by atoms with Gasteiger partial charge in [0.25, 0.3) is 0 Å². The van der Waals surface area contributed by atoms with Gasteiger partial charge >= 0.3 is 0 Å². The Bertz CT molecular complexity index is 265. The SMILES string of the molecule is CN(CCCO)c1cccc(Br)c1. The van der Waals surface area contributed by atoms with E-state index in [1.807, 2.05) is 19.2 Å². The summed E-state index contributed by atoms with van der Waals surface area (Å²) in [4.78, 5) is 2.13. The maximum absolute atomic E-state index is 8.68. The number of halogens is 1. The fourth-order valence-corrected chi connectivity index (χ4v) is 1.54. The summed E-state index contributed by atoms with van der Waals surface area (Å²) in [6.45, 7) is 1.13. The number of hydrogen-bond donors (Lipinski definition) is 1. The van der Waals surface area contributed by atoms with Crippen LogP contribution in [-0.4, -0.2) is 25.3 Å². The normalized spacial score (nSPS) is 10.1. The van der Waals surface area contributed by atoms with Gasteiger partial charge in [0.15, 0.2) is 0 Å². The van der Waals surface area contributed by atoms with Gasteiger partial charge in [-0.2, -0.15) is 0 Å². The number of aliphatic hydroxyl groups is 1. The van der Waals surface area contributed by atoms with Crippen LogP contribution in [0.3, 0.4) is 0 Å². The maximum Gasteiger partial charge on any atom is 0.0447 e. The van der Waals surface area contributed by atoms with Gasteiger partial charge in [-0.15, -0.1) is 0 Å². The second-order valence-corrected chi connectivity index (χ2v) is 3.89. The average molecular weight is 244 g/mol. The molecule has 72 valence electrons. The summed E-state index contributed by atoms with van der Waals surface area (Å²) in [5, 5.41) is 8.68. The predicted octanol–water partition coefficient (Wildman–Crippen LogP) is 2.27. The van der Waals surface area contributed by atoms with Gasteiger partial charge in [0.05, 0.1) is 0 Å². The van der Waals surface area contributed by atoms with Crippen molar-refractivity contribution in [1.29, 1.82) is 0 Å². The predicted molar refractivity (Wildman–Crippen MR) is 59.1 cm³/mol. The maximum atomic E-state index is 8.68. The van der Waals surface area contributed by atoms with E-state index in [2.05, 4.69) is 33.0 Å². The molecule has 2 nitrogen and oxygen atoms in total. The van der Waals surface area contributed by atoms with Crippen LogP contribution in [0.25, 0.3) is 0 Å². The summed E-state index contributed by atoms with van der Waals surface area (Å²) in [5.41, 5.74) is 1.17. The molecule has 0 heterocycles. The second-order valence-electron chi connectivity index (χ2n) is 2.98. The molecule has 1 N–H and O–H groups in total. The molecule has 0 saturated carbocycles. The van der Waals surface area contributed by atoms with E-state index in [0.717, 1.165) is 17.4 Å². The number of anilines is 1. The van der Waals surface area contributed by atoms with Crippen LogP contribution in [0.4, 0.5) is 5.69 Å². The Morgan fingerprint density at radius 2 is 2.23 bits per heavy atom. The first kappa shape index (κ1) is 10.5. The summed E-state index contributed by atoms with van der Waals surface area (Å²) in [6, 6.07) is 8.14.